The lowest BCUT2D eigenvalue weighted by Gasteiger charge is -2.17. The molecule has 0 aliphatic carbocycles. The average molecular weight is 770 g/mol. The fourth-order valence-corrected chi connectivity index (χ4v) is 5.48. The minimum absolute atomic E-state index is 0.178. The number of ether oxygens (including phenoxy) is 2. The Morgan fingerprint density at radius 1 is 0.789 bits per heavy atom. The number of nitrogens with zero attached hydrogens (tertiary/aromatic N) is 2. The number of nitrogens with one attached hydrogen (secondary N) is 5. The first kappa shape index (κ1) is 43.5. The summed E-state index contributed by atoms with van der Waals surface area (Å²) in [6, 6.07) is 38.9. The molecule has 0 amide bonds. The van der Waals surface area contributed by atoms with Gasteiger partial charge in [0.2, 0.25) is 5.96 Å². The summed E-state index contributed by atoms with van der Waals surface area (Å²) >= 11 is 0. The number of rotatable bonds is 19. The van der Waals surface area contributed by atoms with Gasteiger partial charge >= 0.3 is 0 Å². The number of aliphatic imine (C=N–C) groups is 2. The molecule has 0 saturated carbocycles. The van der Waals surface area contributed by atoms with Gasteiger partial charge in [0.1, 0.15) is 23.7 Å². The molecule has 6 N–H and O–H groups in total. The minimum atomic E-state index is 0.178. The van der Waals surface area contributed by atoms with Crippen LogP contribution in [0.15, 0.2) is 150 Å². The van der Waals surface area contributed by atoms with E-state index < -0.39 is 0 Å². The highest BCUT2D eigenvalue weighted by Crippen LogP contribution is 2.21. The third kappa shape index (κ3) is 16.2. The van der Waals surface area contributed by atoms with Crippen LogP contribution in [0.25, 0.3) is 16.5 Å². The van der Waals surface area contributed by atoms with Crippen molar-refractivity contribution < 1.29 is 19.4 Å². The van der Waals surface area contributed by atoms with Crippen molar-refractivity contribution >= 4 is 45.9 Å². The first-order valence-corrected chi connectivity index (χ1v) is 19.1. The normalized spacial score (nSPS) is 11.7. The number of benzene rings is 5. The standard InChI is InChI=1S/C39H49N7O3.C7H6O/c1-5-9-38(42-28-33-12-8-11-31-10-6-7-13-37(31)33)32-14-16-34(17-15-32)43-30(3)45-39(46-35-18-20-36(47)21-19-35)44-29(2)41-23-25-49-27-26-48-24-22-40-4;8-6-7-4-2-1-3-5-7/h6-21,40,42-43,47H,3,5,22-28H2,1-2,4H3,(H2,41,44,45,46);1-6H. The fourth-order valence-electron chi connectivity index (χ4n) is 5.48. The molecule has 0 aromatic heterocycles. The van der Waals surface area contributed by atoms with Crippen molar-refractivity contribution in [1.29, 1.82) is 0 Å². The first-order chi connectivity index (χ1) is 27.9. The van der Waals surface area contributed by atoms with Crippen molar-refractivity contribution in [2.24, 2.45) is 9.98 Å². The maximum atomic E-state index is 10.0. The van der Waals surface area contributed by atoms with Gasteiger partial charge in [-0.25, -0.2) is 4.99 Å². The summed E-state index contributed by atoms with van der Waals surface area (Å²) in [5.74, 6) is 1.68. The predicted octanol–water partition coefficient (Wildman–Crippen LogP) is 8.20. The van der Waals surface area contributed by atoms with Crippen LogP contribution in [0.4, 0.5) is 11.4 Å². The second kappa shape index (κ2) is 25.0. The van der Waals surface area contributed by atoms with Crippen LogP contribution in [-0.4, -0.2) is 69.8 Å². The van der Waals surface area contributed by atoms with Crippen LogP contribution in [0.1, 0.15) is 41.8 Å². The first-order valence-electron chi connectivity index (χ1n) is 19.1. The van der Waals surface area contributed by atoms with Crippen molar-refractivity contribution in [3.05, 3.63) is 156 Å². The molecule has 298 valence electrons. The summed E-state index contributed by atoms with van der Waals surface area (Å²) in [5, 5.41) is 28.7. The maximum Gasteiger partial charge on any atom is 0.207 e. The number of aromatic hydroxyl groups is 1. The molecule has 57 heavy (non-hydrogen) atoms. The number of aldehydes is 1. The molecule has 0 aliphatic rings. The molecule has 0 radical (unpaired) electrons. The van der Waals surface area contributed by atoms with Crippen molar-refractivity contribution in [3.63, 3.8) is 0 Å². The molecule has 0 unspecified atom stereocenters. The van der Waals surface area contributed by atoms with E-state index in [0.717, 1.165) is 54.0 Å². The van der Waals surface area contributed by atoms with Gasteiger partial charge in [-0.1, -0.05) is 105 Å². The molecular formula is C46H55N7O4. The van der Waals surface area contributed by atoms with Crippen LogP contribution >= 0.6 is 0 Å². The molecule has 11 nitrogen and oxygen atoms in total. The number of anilines is 2. The Bertz CT molecular complexity index is 2040. The molecular weight excluding hydrogens is 715 g/mol. The van der Waals surface area contributed by atoms with Crippen molar-refractivity contribution in [2.75, 3.05) is 57.2 Å². The predicted molar refractivity (Wildman–Crippen MR) is 236 cm³/mol. The van der Waals surface area contributed by atoms with E-state index in [1.165, 1.54) is 16.3 Å². The Hall–Kier alpha value is -6.27. The van der Waals surface area contributed by atoms with Crippen LogP contribution in [0, 0.1) is 0 Å². The lowest BCUT2D eigenvalue weighted by atomic mass is 10.0. The summed E-state index contributed by atoms with van der Waals surface area (Å²) in [5.41, 5.74) is 5.78. The van der Waals surface area contributed by atoms with Gasteiger partial charge in [0.25, 0.3) is 0 Å². The zero-order valence-electron chi connectivity index (χ0n) is 33.1. The van der Waals surface area contributed by atoms with Gasteiger partial charge in [-0.3, -0.25) is 9.79 Å². The zero-order chi connectivity index (χ0) is 40.5. The zero-order valence-corrected chi connectivity index (χ0v) is 33.1. The smallest absolute Gasteiger partial charge is 0.207 e. The molecule has 0 fully saturated rings. The van der Waals surface area contributed by atoms with E-state index in [9.17, 15) is 9.90 Å². The van der Waals surface area contributed by atoms with Gasteiger partial charge in [-0.2, -0.15) is 0 Å². The van der Waals surface area contributed by atoms with Crippen molar-refractivity contribution in [1.82, 2.24) is 16.0 Å². The molecule has 5 aromatic rings. The SMILES string of the molecule is C=C(NC(=NC(C)=NCCOCCOCCNC)Nc1ccc(O)cc1)Nc1ccc(C(=CCC)NCc2cccc3ccccc23)cc1.O=Cc1ccccc1. The number of hydrogen-bond donors (Lipinski definition) is 6. The monoisotopic (exact) mass is 769 g/mol. The van der Waals surface area contributed by atoms with E-state index in [1.54, 1.807) is 36.4 Å². The number of phenols is 1. The van der Waals surface area contributed by atoms with E-state index in [4.69, 9.17) is 9.47 Å². The van der Waals surface area contributed by atoms with E-state index in [0.29, 0.717) is 50.6 Å². The lowest BCUT2D eigenvalue weighted by molar-refractivity contribution is 0.0524. The Balaban J connectivity index is 0.000000800. The topological polar surface area (TPSA) is 141 Å². The quantitative estimate of drug-likeness (QED) is 0.0161. The van der Waals surface area contributed by atoms with E-state index in [-0.39, 0.29) is 5.75 Å². The number of hydrogen-bond acceptors (Lipinski definition) is 8. The molecule has 0 atom stereocenters. The van der Waals surface area contributed by atoms with Gasteiger partial charge in [-0.15, -0.1) is 0 Å². The molecule has 0 aliphatic heterocycles. The third-order valence-corrected chi connectivity index (χ3v) is 8.30. The second-order valence-corrected chi connectivity index (χ2v) is 12.7. The number of amidine groups is 1. The summed E-state index contributed by atoms with van der Waals surface area (Å²) in [6.45, 7) is 12.3. The maximum absolute atomic E-state index is 10.0. The number of guanidine groups is 1. The highest BCUT2D eigenvalue weighted by Gasteiger charge is 2.07. The highest BCUT2D eigenvalue weighted by atomic mass is 16.5. The third-order valence-electron chi connectivity index (χ3n) is 8.30. The van der Waals surface area contributed by atoms with Gasteiger partial charge in [0.05, 0.1) is 33.0 Å². The van der Waals surface area contributed by atoms with Crippen LogP contribution in [0.3, 0.4) is 0 Å². The molecule has 11 heteroatoms. The second-order valence-electron chi connectivity index (χ2n) is 12.7. The van der Waals surface area contributed by atoms with Gasteiger partial charge in [0.15, 0.2) is 0 Å². The Morgan fingerprint density at radius 3 is 2.16 bits per heavy atom. The summed E-state index contributed by atoms with van der Waals surface area (Å²) in [7, 11) is 1.89. The van der Waals surface area contributed by atoms with Crippen molar-refractivity contribution in [3.8, 4) is 5.75 Å². The Morgan fingerprint density at radius 2 is 1.46 bits per heavy atom. The number of carbonyl (C=O) groups is 1. The number of fused-ring (bicyclic) bond motifs is 1. The Kier molecular flexibility index (Phi) is 19.1. The van der Waals surface area contributed by atoms with Gasteiger partial charge in [-0.05, 0) is 78.7 Å². The van der Waals surface area contributed by atoms with Gasteiger partial charge < -0.3 is 41.2 Å². The molecule has 5 aromatic carbocycles. The highest BCUT2D eigenvalue weighted by molar-refractivity contribution is 6.02. The number of allylic oxidation sites excluding steroid dienone is 1. The summed E-state index contributed by atoms with van der Waals surface area (Å²) in [6.07, 6.45) is 3.96. The molecule has 0 spiro atoms. The van der Waals surface area contributed by atoms with Crippen LogP contribution in [0.5, 0.6) is 5.75 Å². The Labute approximate surface area is 336 Å². The van der Waals surface area contributed by atoms with E-state index in [1.807, 2.05) is 44.3 Å². The largest absolute Gasteiger partial charge is 0.508 e. The van der Waals surface area contributed by atoms with E-state index >= 15 is 0 Å². The van der Waals surface area contributed by atoms with Gasteiger partial charge in [0, 0.05) is 35.7 Å². The van der Waals surface area contributed by atoms with Crippen LogP contribution in [-0.2, 0) is 16.0 Å². The summed E-state index contributed by atoms with van der Waals surface area (Å²) in [4.78, 5) is 19.2. The van der Waals surface area contributed by atoms with Crippen molar-refractivity contribution in [2.45, 2.75) is 26.8 Å². The molecule has 0 heterocycles. The molecule has 0 bridgehead atoms. The molecule has 5 rings (SSSR count). The molecule has 0 saturated heterocycles. The summed E-state index contributed by atoms with van der Waals surface area (Å²) < 4.78 is 11.1. The number of carbonyl (C=O) groups excluding carboxylic acids is 1. The number of likely N-dealkylation sites (N-methyl/N-ethyl adjacent to an activating group) is 1. The van der Waals surface area contributed by atoms with Crippen LogP contribution in [0.2, 0.25) is 0 Å². The average Bonchev–Trinajstić information content (AvgIpc) is 3.23. The fraction of sp³-hybridized carbons (Fsp3) is 0.239. The van der Waals surface area contributed by atoms with Crippen LogP contribution < -0.4 is 26.6 Å². The number of phenolic OH excluding ortho intramolecular Hbond substituents is 1. The minimum Gasteiger partial charge on any atom is -0.508 e. The van der Waals surface area contributed by atoms with E-state index in [2.05, 4.69) is 111 Å². The lowest BCUT2D eigenvalue weighted by Crippen LogP contribution is -2.33.